The number of fused-ring (bicyclic) bond motifs is 3. The fourth-order valence-electron chi connectivity index (χ4n) is 4.01. The van der Waals surface area contributed by atoms with Gasteiger partial charge in [0.15, 0.2) is 0 Å². The van der Waals surface area contributed by atoms with Crippen molar-refractivity contribution in [1.82, 2.24) is 15.3 Å². The molecule has 0 aliphatic heterocycles. The Morgan fingerprint density at radius 1 is 1.28 bits per heavy atom. The zero-order valence-electron chi connectivity index (χ0n) is 14.7. The van der Waals surface area contributed by atoms with Crippen molar-refractivity contribution in [2.45, 2.75) is 69.4 Å². The maximum atomic E-state index is 12.3. The number of thiophene rings is 1. The highest BCUT2D eigenvalue weighted by molar-refractivity contribution is 8.00. The maximum absolute atomic E-state index is 12.3. The molecule has 134 valence electrons. The fraction of sp³-hybridized carbons (Fsp3) is 0.632. The molecule has 1 saturated carbocycles. The van der Waals surface area contributed by atoms with Gasteiger partial charge in [-0.15, -0.1) is 11.3 Å². The smallest absolute Gasteiger partial charge is 0.230 e. The molecule has 1 fully saturated rings. The van der Waals surface area contributed by atoms with Crippen LogP contribution in [0.3, 0.4) is 0 Å². The Morgan fingerprint density at radius 2 is 2.12 bits per heavy atom. The second-order valence-electron chi connectivity index (χ2n) is 7.40. The van der Waals surface area contributed by atoms with Gasteiger partial charge in [0.2, 0.25) is 5.91 Å². The number of amides is 1. The van der Waals surface area contributed by atoms with E-state index in [-0.39, 0.29) is 5.91 Å². The second kappa shape index (κ2) is 7.62. The molecule has 6 heteroatoms. The van der Waals surface area contributed by atoms with Gasteiger partial charge in [-0.2, -0.15) is 0 Å². The minimum absolute atomic E-state index is 0.140. The van der Waals surface area contributed by atoms with Gasteiger partial charge in [-0.05, 0) is 43.6 Å². The Hall–Kier alpha value is -1.14. The molecule has 4 nitrogen and oxygen atoms in total. The van der Waals surface area contributed by atoms with Gasteiger partial charge >= 0.3 is 0 Å². The lowest BCUT2D eigenvalue weighted by Crippen LogP contribution is -2.37. The molecule has 0 unspecified atom stereocenters. The third-order valence-corrected chi connectivity index (χ3v) is 7.52. The monoisotopic (exact) mass is 375 g/mol. The molecule has 2 heterocycles. The van der Waals surface area contributed by atoms with Crippen molar-refractivity contribution in [3.05, 3.63) is 16.8 Å². The lowest BCUT2D eigenvalue weighted by molar-refractivity contribution is -0.119. The first-order chi connectivity index (χ1) is 12.2. The molecular formula is C19H25N3OS2. The first-order valence-electron chi connectivity index (χ1n) is 9.38. The van der Waals surface area contributed by atoms with Crippen molar-refractivity contribution in [3.63, 3.8) is 0 Å². The standard InChI is InChI=1S/C19H25N3OS2/c1-12-7-8-14-15(9-12)25-19-17(14)18(20-11-21-19)24-10-16(23)22-13-5-3-2-4-6-13/h11-13H,2-10H2,1H3,(H,22,23)/t12-/m1/s1. The number of carbonyl (C=O) groups excluding carboxylic acids is 1. The van der Waals surface area contributed by atoms with E-state index in [4.69, 9.17) is 0 Å². The average Bonchev–Trinajstić information content (AvgIpc) is 2.98. The highest BCUT2D eigenvalue weighted by Crippen LogP contribution is 2.40. The zero-order valence-corrected chi connectivity index (χ0v) is 16.3. The van der Waals surface area contributed by atoms with Crippen LogP contribution in [-0.2, 0) is 17.6 Å². The number of hydrogen-bond acceptors (Lipinski definition) is 5. The summed E-state index contributed by atoms with van der Waals surface area (Å²) < 4.78 is 0. The summed E-state index contributed by atoms with van der Waals surface area (Å²) in [6.07, 6.45) is 11.2. The van der Waals surface area contributed by atoms with Crippen molar-refractivity contribution in [2.75, 3.05) is 5.75 Å². The van der Waals surface area contributed by atoms with E-state index >= 15 is 0 Å². The van der Waals surface area contributed by atoms with Gasteiger partial charge in [0.05, 0.1) is 5.75 Å². The number of carbonyl (C=O) groups is 1. The molecule has 0 spiro atoms. The van der Waals surface area contributed by atoms with Crippen molar-refractivity contribution in [3.8, 4) is 0 Å². The van der Waals surface area contributed by atoms with Crippen LogP contribution in [-0.4, -0.2) is 27.7 Å². The van der Waals surface area contributed by atoms with Crippen LogP contribution in [0.4, 0.5) is 0 Å². The van der Waals surface area contributed by atoms with Gasteiger partial charge in [0.1, 0.15) is 16.2 Å². The van der Waals surface area contributed by atoms with Crippen molar-refractivity contribution in [2.24, 2.45) is 5.92 Å². The Balaban J connectivity index is 1.47. The van der Waals surface area contributed by atoms with E-state index in [1.54, 1.807) is 18.1 Å². The minimum Gasteiger partial charge on any atom is -0.353 e. The first-order valence-corrected chi connectivity index (χ1v) is 11.2. The third-order valence-electron chi connectivity index (χ3n) is 5.37. The first kappa shape index (κ1) is 17.3. The summed E-state index contributed by atoms with van der Waals surface area (Å²) in [5, 5.41) is 5.39. The van der Waals surface area contributed by atoms with Crippen molar-refractivity contribution in [1.29, 1.82) is 0 Å². The lowest BCUT2D eigenvalue weighted by atomic mass is 9.89. The quantitative estimate of drug-likeness (QED) is 0.637. The van der Waals surface area contributed by atoms with Gasteiger partial charge < -0.3 is 5.32 Å². The molecule has 1 N–H and O–H groups in total. The summed E-state index contributed by atoms with van der Waals surface area (Å²) >= 11 is 3.38. The van der Waals surface area contributed by atoms with E-state index in [0.717, 1.165) is 41.5 Å². The van der Waals surface area contributed by atoms with Crippen LogP contribution in [0, 0.1) is 5.92 Å². The molecule has 0 aromatic carbocycles. The SMILES string of the molecule is C[C@@H]1CCc2c(sc3ncnc(SCC(=O)NC4CCCCC4)c23)C1. The van der Waals surface area contributed by atoms with E-state index < -0.39 is 0 Å². The highest BCUT2D eigenvalue weighted by atomic mass is 32.2. The van der Waals surface area contributed by atoms with Gasteiger partial charge in [-0.3, -0.25) is 4.79 Å². The molecule has 25 heavy (non-hydrogen) atoms. The largest absolute Gasteiger partial charge is 0.353 e. The Bertz CT molecular complexity index is 767. The second-order valence-corrected chi connectivity index (χ2v) is 9.45. The average molecular weight is 376 g/mol. The number of thioether (sulfide) groups is 1. The summed E-state index contributed by atoms with van der Waals surface area (Å²) in [7, 11) is 0. The molecule has 1 amide bonds. The minimum atomic E-state index is 0.140. The van der Waals surface area contributed by atoms with E-state index in [1.165, 1.54) is 41.5 Å². The van der Waals surface area contributed by atoms with Gasteiger partial charge in [0.25, 0.3) is 0 Å². The lowest BCUT2D eigenvalue weighted by Gasteiger charge is -2.22. The van der Waals surface area contributed by atoms with E-state index in [2.05, 4.69) is 22.2 Å². The van der Waals surface area contributed by atoms with Crippen LogP contribution in [0.15, 0.2) is 11.4 Å². The molecule has 0 saturated heterocycles. The van der Waals surface area contributed by atoms with Crippen molar-refractivity contribution < 1.29 is 4.79 Å². The van der Waals surface area contributed by atoms with E-state index in [9.17, 15) is 4.79 Å². The summed E-state index contributed by atoms with van der Waals surface area (Å²) in [4.78, 5) is 23.9. The number of nitrogens with zero attached hydrogens (tertiary/aromatic N) is 2. The molecule has 0 radical (unpaired) electrons. The summed E-state index contributed by atoms with van der Waals surface area (Å²) in [6, 6.07) is 0.377. The van der Waals surface area contributed by atoms with Crippen LogP contribution in [0.25, 0.3) is 10.2 Å². The van der Waals surface area contributed by atoms with Crippen molar-refractivity contribution >= 4 is 39.2 Å². The Labute approximate surface area is 157 Å². The number of nitrogens with one attached hydrogen (secondary N) is 1. The molecule has 2 aromatic heterocycles. The third kappa shape index (κ3) is 3.85. The predicted molar refractivity (Wildman–Crippen MR) is 104 cm³/mol. The summed E-state index contributed by atoms with van der Waals surface area (Å²) in [6.45, 7) is 2.32. The molecule has 2 aliphatic rings. The number of aryl methyl sites for hydroxylation is 1. The topological polar surface area (TPSA) is 54.9 Å². The van der Waals surface area contributed by atoms with Gasteiger partial charge in [0, 0.05) is 16.3 Å². The highest BCUT2D eigenvalue weighted by Gasteiger charge is 2.23. The van der Waals surface area contributed by atoms with Gasteiger partial charge in [-0.25, -0.2) is 9.97 Å². The molecule has 2 aliphatic carbocycles. The van der Waals surface area contributed by atoms with Crippen LogP contribution >= 0.6 is 23.1 Å². The molecule has 2 aromatic rings. The number of rotatable bonds is 4. The van der Waals surface area contributed by atoms with E-state index in [1.807, 2.05) is 11.3 Å². The zero-order chi connectivity index (χ0) is 17.2. The summed E-state index contributed by atoms with van der Waals surface area (Å²) in [5.74, 6) is 1.34. The maximum Gasteiger partial charge on any atom is 0.230 e. The summed E-state index contributed by atoms with van der Waals surface area (Å²) in [5.41, 5.74) is 1.44. The number of aromatic nitrogens is 2. The molecule has 1 atom stereocenters. The molecular weight excluding hydrogens is 350 g/mol. The van der Waals surface area contributed by atoms with Crippen LogP contribution in [0.5, 0.6) is 0 Å². The Kier molecular flexibility index (Phi) is 5.27. The predicted octanol–water partition coefficient (Wildman–Crippen LogP) is 4.36. The van der Waals surface area contributed by atoms with Crippen LogP contribution < -0.4 is 5.32 Å². The Morgan fingerprint density at radius 3 is 2.96 bits per heavy atom. The molecule has 0 bridgehead atoms. The van der Waals surface area contributed by atoms with Gasteiger partial charge in [-0.1, -0.05) is 37.9 Å². The number of hydrogen-bond donors (Lipinski definition) is 1. The van der Waals surface area contributed by atoms with E-state index in [0.29, 0.717) is 11.8 Å². The van der Waals surface area contributed by atoms with Crippen LogP contribution in [0.1, 0.15) is 55.9 Å². The fourth-order valence-corrected chi connectivity index (χ4v) is 6.26. The van der Waals surface area contributed by atoms with Crippen LogP contribution in [0.2, 0.25) is 0 Å². The molecule has 4 rings (SSSR count). The normalized spacial score (nSPS) is 21.2.